The molecule has 0 saturated heterocycles. The third-order valence-electron chi connectivity index (χ3n) is 2.23. The number of allylic oxidation sites excluding steroid dienone is 3. The highest BCUT2D eigenvalue weighted by Gasteiger charge is 2.16. The number of para-hydroxylation sites is 1. The highest BCUT2D eigenvalue weighted by atomic mass is 35.5. The minimum absolute atomic E-state index is 0.341. The second kappa shape index (κ2) is 4.90. The lowest BCUT2D eigenvalue weighted by molar-refractivity contribution is 0.441. The summed E-state index contributed by atoms with van der Waals surface area (Å²) in [6.07, 6.45) is 9.01. The van der Waals surface area contributed by atoms with Crippen LogP contribution in [0.25, 0.3) is 0 Å². The van der Waals surface area contributed by atoms with E-state index in [2.05, 4.69) is 10.9 Å². The Morgan fingerprint density at radius 1 is 1.41 bits per heavy atom. The molecule has 0 bridgehead atoms. The van der Waals surface area contributed by atoms with Crippen molar-refractivity contribution in [2.75, 3.05) is 0 Å². The Morgan fingerprint density at radius 3 is 2.88 bits per heavy atom. The van der Waals surface area contributed by atoms with E-state index in [1.54, 1.807) is 6.08 Å². The van der Waals surface area contributed by atoms with Crippen molar-refractivity contribution in [1.82, 2.24) is 0 Å². The molecule has 0 spiro atoms. The fraction of sp³-hybridized carbons (Fsp3) is 0.0714. The van der Waals surface area contributed by atoms with Gasteiger partial charge in [0.15, 0.2) is 11.5 Å². The van der Waals surface area contributed by atoms with E-state index in [0.717, 1.165) is 5.56 Å². The SMILES string of the molecule is C#CC1=C(/C=C\C)Oc2ccccc2C(Cl)=N1. The van der Waals surface area contributed by atoms with Gasteiger partial charge in [0.25, 0.3) is 0 Å². The highest BCUT2D eigenvalue weighted by molar-refractivity contribution is 6.70. The van der Waals surface area contributed by atoms with E-state index >= 15 is 0 Å². The molecule has 17 heavy (non-hydrogen) atoms. The predicted octanol–water partition coefficient (Wildman–Crippen LogP) is 3.49. The van der Waals surface area contributed by atoms with Crippen molar-refractivity contribution in [2.24, 2.45) is 4.99 Å². The van der Waals surface area contributed by atoms with Crippen LogP contribution in [0.15, 0.2) is 52.9 Å². The molecule has 2 nitrogen and oxygen atoms in total. The lowest BCUT2D eigenvalue weighted by Gasteiger charge is -2.07. The van der Waals surface area contributed by atoms with Crippen molar-refractivity contribution in [2.45, 2.75) is 6.92 Å². The Hall–Kier alpha value is -1.98. The third-order valence-corrected chi connectivity index (χ3v) is 2.52. The molecule has 2 rings (SSSR count). The number of hydrogen-bond acceptors (Lipinski definition) is 2. The van der Waals surface area contributed by atoms with E-state index in [9.17, 15) is 0 Å². The Morgan fingerprint density at radius 2 is 2.18 bits per heavy atom. The van der Waals surface area contributed by atoms with Crippen LogP contribution in [0.4, 0.5) is 0 Å². The molecule has 0 aromatic heterocycles. The molecule has 0 unspecified atom stereocenters. The van der Waals surface area contributed by atoms with Crippen molar-refractivity contribution in [1.29, 1.82) is 0 Å². The summed E-state index contributed by atoms with van der Waals surface area (Å²) >= 11 is 6.11. The van der Waals surface area contributed by atoms with Gasteiger partial charge >= 0.3 is 0 Å². The zero-order valence-corrected chi connectivity index (χ0v) is 10.0. The van der Waals surface area contributed by atoms with Crippen LogP contribution in [0.2, 0.25) is 0 Å². The van der Waals surface area contributed by atoms with Gasteiger partial charge in [-0.3, -0.25) is 0 Å². The summed E-state index contributed by atoms with van der Waals surface area (Å²) in [6.45, 7) is 1.88. The van der Waals surface area contributed by atoms with Gasteiger partial charge in [0.1, 0.15) is 10.9 Å². The van der Waals surface area contributed by atoms with Gasteiger partial charge < -0.3 is 4.74 Å². The first kappa shape index (κ1) is 11.5. The van der Waals surface area contributed by atoms with Crippen LogP contribution in [0.1, 0.15) is 12.5 Å². The lowest BCUT2D eigenvalue weighted by Crippen LogP contribution is -1.96. The van der Waals surface area contributed by atoms with E-state index in [1.807, 2.05) is 37.3 Å². The van der Waals surface area contributed by atoms with Crippen LogP contribution in [0, 0.1) is 12.3 Å². The van der Waals surface area contributed by atoms with Crippen LogP contribution >= 0.6 is 11.6 Å². The Balaban J connectivity index is 2.62. The molecule has 1 aromatic carbocycles. The molecule has 84 valence electrons. The topological polar surface area (TPSA) is 21.6 Å². The summed E-state index contributed by atoms with van der Waals surface area (Å²) in [5.74, 6) is 3.65. The van der Waals surface area contributed by atoms with Gasteiger partial charge in [0.05, 0.1) is 5.56 Å². The Labute approximate surface area is 105 Å². The molecular formula is C14H10ClNO. The Kier molecular flexibility index (Phi) is 3.32. The summed E-state index contributed by atoms with van der Waals surface area (Å²) < 4.78 is 5.72. The first-order valence-corrected chi connectivity index (χ1v) is 5.49. The molecule has 3 heteroatoms. The number of aliphatic imine (C=N–C) groups is 1. The standard InChI is InChI=1S/C14H10ClNO/c1-3-7-13-11(4-2)16-14(15)10-8-5-6-9-12(10)17-13/h2-3,5-9H,1H3/b7-3-. The van der Waals surface area contributed by atoms with Gasteiger partial charge in [-0.1, -0.05) is 29.8 Å². The van der Waals surface area contributed by atoms with Crippen molar-refractivity contribution in [3.8, 4) is 18.1 Å². The first-order valence-electron chi connectivity index (χ1n) is 5.11. The molecule has 1 aliphatic heterocycles. The number of terminal acetylenes is 1. The minimum atomic E-state index is 0.341. The van der Waals surface area contributed by atoms with E-state index < -0.39 is 0 Å². The maximum atomic E-state index is 6.11. The van der Waals surface area contributed by atoms with Crippen molar-refractivity contribution >= 4 is 16.8 Å². The maximum absolute atomic E-state index is 6.11. The molecule has 1 aromatic rings. The van der Waals surface area contributed by atoms with Crippen LogP contribution in [-0.2, 0) is 0 Å². The number of rotatable bonds is 1. The summed E-state index contributed by atoms with van der Waals surface area (Å²) in [4.78, 5) is 4.19. The van der Waals surface area contributed by atoms with Crippen LogP contribution < -0.4 is 4.74 Å². The van der Waals surface area contributed by atoms with Crippen molar-refractivity contribution in [3.05, 3.63) is 53.4 Å². The summed E-state index contributed by atoms with van der Waals surface area (Å²) in [5, 5.41) is 0.341. The Bertz CT molecular complexity index is 576. The number of nitrogens with zero attached hydrogens (tertiary/aromatic N) is 1. The number of fused-ring (bicyclic) bond motifs is 1. The van der Waals surface area contributed by atoms with Gasteiger partial charge in [0, 0.05) is 0 Å². The second-order valence-electron chi connectivity index (χ2n) is 3.36. The molecule has 1 aliphatic rings. The monoisotopic (exact) mass is 243 g/mol. The highest BCUT2D eigenvalue weighted by Crippen LogP contribution is 2.28. The summed E-state index contributed by atoms with van der Waals surface area (Å²) in [6, 6.07) is 7.41. The molecule has 0 N–H and O–H groups in total. The molecule has 0 radical (unpaired) electrons. The van der Waals surface area contributed by atoms with Crippen molar-refractivity contribution < 1.29 is 4.74 Å². The van der Waals surface area contributed by atoms with Crippen LogP contribution in [0.3, 0.4) is 0 Å². The fourth-order valence-electron chi connectivity index (χ4n) is 1.47. The van der Waals surface area contributed by atoms with E-state index in [1.165, 1.54) is 0 Å². The molecular weight excluding hydrogens is 234 g/mol. The van der Waals surface area contributed by atoms with Crippen LogP contribution in [0.5, 0.6) is 5.75 Å². The molecule has 0 amide bonds. The maximum Gasteiger partial charge on any atom is 0.161 e. The quantitative estimate of drug-likeness (QED) is 0.692. The number of benzene rings is 1. The normalized spacial score (nSPS) is 14.8. The molecule has 0 atom stereocenters. The van der Waals surface area contributed by atoms with E-state index in [0.29, 0.717) is 22.4 Å². The first-order chi connectivity index (χ1) is 8.26. The van der Waals surface area contributed by atoms with Gasteiger partial charge in [-0.15, -0.1) is 6.42 Å². The number of ether oxygens (including phenoxy) is 1. The van der Waals surface area contributed by atoms with Crippen molar-refractivity contribution in [3.63, 3.8) is 0 Å². The van der Waals surface area contributed by atoms with E-state index in [4.69, 9.17) is 22.8 Å². The molecule has 0 aliphatic carbocycles. The number of hydrogen-bond donors (Lipinski definition) is 0. The fourth-order valence-corrected chi connectivity index (χ4v) is 1.71. The molecule has 0 fully saturated rings. The second-order valence-corrected chi connectivity index (χ2v) is 3.72. The smallest absolute Gasteiger partial charge is 0.161 e. The summed E-state index contributed by atoms with van der Waals surface area (Å²) in [7, 11) is 0. The zero-order chi connectivity index (χ0) is 12.3. The van der Waals surface area contributed by atoms with Gasteiger partial charge in [-0.2, -0.15) is 0 Å². The average Bonchev–Trinajstić information content (AvgIpc) is 2.48. The molecule has 0 saturated carbocycles. The third kappa shape index (κ3) is 2.25. The van der Waals surface area contributed by atoms with Crippen LogP contribution in [-0.4, -0.2) is 5.17 Å². The zero-order valence-electron chi connectivity index (χ0n) is 9.27. The number of halogens is 1. The van der Waals surface area contributed by atoms with E-state index in [-0.39, 0.29) is 0 Å². The van der Waals surface area contributed by atoms with Gasteiger partial charge in [0.2, 0.25) is 0 Å². The molecule has 1 heterocycles. The van der Waals surface area contributed by atoms with Gasteiger partial charge in [-0.05, 0) is 31.1 Å². The largest absolute Gasteiger partial charge is 0.454 e. The average molecular weight is 244 g/mol. The predicted molar refractivity (Wildman–Crippen MR) is 70.1 cm³/mol. The summed E-state index contributed by atoms with van der Waals surface area (Å²) in [5.41, 5.74) is 1.13. The minimum Gasteiger partial charge on any atom is -0.454 e. The van der Waals surface area contributed by atoms with Gasteiger partial charge in [-0.25, -0.2) is 4.99 Å². The lowest BCUT2D eigenvalue weighted by atomic mass is 10.2.